The molecule has 5 nitrogen and oxygen atoms in total. The molecular formula is C14H19F2N3O2. The summed E-state index contributed by atoms with van der Waals surface area (Å²) in [5.41, 5.74) is 1.73. The summed E-state index contributed by atoms with van der Waals surface area (Å²) in [6, 6.07) is 0. The van der Waals surface area contributed by atoms with Crippen LogP contribution < -0.4 is 10.9 Å². The molecule has 21 heavy (non-hydrogen) atoms. The summed E-state index contributed by atoms with van der Waals surface area (Å²) in [5, 5.41) is 8.99. The molecule has 1 amide bonds. The first-order chi connectivity index (χ1) is 9.99. The van der Waals surface area contributed by atoms with E-state index >= 15 is 0 Å². The topological polar surface area (TPSA) is 74.8 Å². The van der Waals surface area contributed by atoms with Gasteiger partial charge in [-0.2, -0.15) is 5.10 Å². The summed E-state index contributed by atoms with van der Waals surface area (Å²) < 4.78 is 24.9. The van der Waals surface area contributed by atoms with Gasteiger partial charge in [0.25, 0.3) is 5.56 Å². The monoisotopic (exact) mass is 299 g/mol. The molecule has 2 rings (SSSR count). The molecule has 0 spiro atoms. The minimum Gasteiger partial charge on any atom is -0.352 e. The first-order valence-electron chi connectivity index (χ1n) is 7.14. The van der Waals surface area contributed by atoms with Crippen LogP contribution in [0.25, 0.3) is 0 Å². The molecule has 1 fully saturated rings. The van der Waals surface area contributed by atoms with E-state index in [1.165, 1.54) is 0 Å². The van der Waals surface area contributed by atoms with Gasteiger partial charge in [-0.1, -0.05) is 13.8 Å². The van der Waals surface area contributed by atoms with Crippen molar-refractivity contribution in [1.82, 2.24) is 15.5 Å². The molecule has 0 aromatic carbocycles. The molecular weight excluding hydrogens is 280 g/mol. The van der Waals surface area contributed by atoms with Gasteiger partial charge in [0, 0.05) is 23.9 Å². The Bertz CT molecular complexity index is 586. The Morgan fingerprint density at radius 3 is 2.62 bits per heavy atom. The number of aromatic nitrogens is 2. The van der Waals surface area contributed by atoms with Crippen molar-refractivity contribution in [3.8, 4) is 0 Å². The number of nitrogens with zero attached hydrogens (tertiary/aromatic N) is 1. The maximum atomic E-state index is 12.4. The number of amides is 1. The standard InChI is InChI=1S/C14H19F2N3O2/c1-3-7-10(14(21)19-18-11(7)4-2)6-17-13(20)9-5-8(9)12(15)16/h8-9,12H,3-6H2,1-2H3,(H,17,20)(H,19,21)/t8-,9-/m0/s1. The van der Waals surface area contributed by atoms with E-state index in [9.17, 15) is 18.4 Å². The van der Waals surface area contributed by atoms with Gasteiger partial charge in [0.15, 0.2) is 0 Å². The van der Waals surface area contributed by atoms with Crippen molar-refractivity contribution in [3.05, 3.63) is 27.2 Å². The average molecular weight is 299 g/mol. The Balaban J connectivity index is 2.07. The summed E-state index contributed by atoms with van der Waals surface area (Å²) in [6.07, 6.45) is -0.925. The van der Waals surface area contributed by atoms with Gasteiger partial charge in [-0.25, -0.2) is 13.9 Å². The van der Waals surface area contributed by atoms with Crippen LogP contribution in [0.4, 0.5) is 8.78 Å². The highest BCUT2D eigenvalue weighted by atomic mass is 19.3. The van der Waals surface area contributed by atoms with Crippen LogP contribution in [0, 0.1) is 11.8 Å². The quantitative estimate of drug-likeness (QED) is 0.834. The fraction of sp³-hybridized carbons (Fsp3) is 0.643. The number of rotatable bonds is 6. The largest absolute Gasteiger partial charge is 0.352 e. The van der Waals surface area contributed by atoms with Gasteiger partial charge in [0.1, 0.15) is 0 Å². The average Bonchev–Trinajstić information content (AvgIpc) is 3.25. The summed E-state index contributed by atoms with van der Waals surface area (Å²) in [4.78, 5) is 23.6. The van der Waals surface area contributed by atoms with Gasteiger partial charge in [-0.05, 0) is 24.8 Å². The lowest BCUT2D eigenvalue weighted by molar-refractivity contribution is -0.123. The van der Waals surface area contributed by atoms with Crippen molar-refractivity contribution >= 4 is 5.91 Å². The molecule has 1 aromatic rings. The maximum absolute atomic E-state index is 12.4. The van der Waals surface area contributed by atoms with Crippen molar-refractivity contribution in [2.45, 2.75) is 46.1 Å². The van der Waals surface area contributed by atoms with Gasteiger partial charge in [-0.15, -0.1) is 0 Å². The van der Waals surface area contributed by atoms with Crippen LogP contribution in [-0.2, 0) is 24.2 Å². The number of nitrogens with one attached hydrogen (secondary N) is 2. The zero-order valence-corrected chi connectivity index (χ0v) is 12.1. The molecule has 7 heteroatoms. The zero-order chi connectivity index (χ0) is 15.6. The van der Waals surface area contributed by atoms with Crippen LogP contribution in [0.5, 0.6) is 0 Å². The SMILES string of the molecule is CCc1n[nH]c(=O)c(CNC(=O)[C@H]2C[C@@H]2C(F)F)c1CC. The highest BCUT2D eigenvalue weighted by molar-refractivity contribution is 5.81. The lowest BCUT2D eigenvalue weighted by Crippen LogP contribution is -2.30. The van der Waals surface area contributed by atoms with E-state index in [4.69, 9.17) is 0 Å². The highest BCUT2D eigenvalue weighted by Gasteiger charge is 2.48. The Hall–Kier alpha value is -1.79. The minimum absolute atomic E-state index is 0.0549. The summed E-state index contributed by atoms with van der Waals surface area (Å²) >= 11 is 0. The number of hydrogen-bond acceptors (Lipinski definition) is 3. The molecule has 1 aliphatic rings. The van der Waals surface area contributed by atoms with E-state index in [0.717, 1.165) is 11.3 Å². The third kappa shape index (κ3) is 3.28. The lowest BCUT2D eigenvalue weighted by atomic mass is 10.0. The molecule has 0 aliphatic heterocycles. The van der Waals surface area contributed by atoms with Crippen LogP contribution in [0.15, 0.2) is 4.79 Å². The fourth-order valence-electron chi connectivity index (χ4n) is 2.56. The van der Waals surface area contributed by atoms with Crippen LogP contribution in [0.3, 0.4) is 0 Å². The van der Waals surface area contributed by atoms with Gasteiger partial charge in [-0.3, -0.25) is 9.59 Å². The number of alkyl halides is 2. The van der Waals surface area contributed by atoms with Crippen LogP contribution in [0.1, 0.15) is 37.1 Å². The second-order valence-corrected chi connectivity index (χ2v) is 5.22. The Labute approximate surface area is 121 Å². The number of carbonyl (C=O) groups excluding carboxylic acids is 1. The number of carbonyl (C=O) groups is 1. The van der Waals surface area contributed by atoms with E-state index < -0.39 is 24.2 Å². The number of hydrogen-bond donors (Lipinski definition) is 2. The van der Waals surface area contributed by atoms with E-state index in [1.807, 2.05) is 13.8 Å². The lowest BCUT2D eigenvalue weighted by Gasteiger charge is -2.11. The second-order valence-electron chi connectivity index (χ2n) is 5.22. The van der Waals surface area contributed by atoms with Crippen molar-refractivity contribution in [2.75, 3.05) is 0 Å². The number of aromatic amines is 1. The molecule has 0 radical (unpaired) electrons. The molecule has 0 bridgehead atoms. The maximum Gasteiger partial charge on any atom is 0.269 e. The van der Waals surface area contributed by atoms with Crippen molar-refractivity contribution in [1.29, 1.82) is 0 Å². The zero-order valence-electron chi connectivity index (χ0n) is 12.1. The normalized spacial score (nSPS) is 20.6. The predicted molar refractivity (Wildman–Crippen MR) is 73.1 cm³/mol. The molecule has 0 saturated heterocycles. The summed E-state index contributed by atoms with van der Waals surface area (Å²) in [5.74, 6) is -1.86. The first kappa shape index (κ1) is 15.6. The number of halogens is 2. The van der Waals surface area contributed by atoms with Gasteiger partial charge < -0.3 is 5.32 Å². The molecule has 116 valence electrons. The minimum atomic E-state index is -2.46. The van der Waals surface area contributed by atoms with Crippen molar-refractivity contribution in [3.63, 3.8) is 0 Å². The third-order valence-corrected chi connectivity index (χ3v) is 3.91. The molecule has 0 unspecified atom stereocenters. The van der Waals surface area contributed by atoms with Gasteiger partial charge in [0.2, 0.25) is 12.3 Å². The molecule has 2 N–H and O–H groups in total. The molecule has 1 saturated carbocycles. The summed E-state index contributed by atoms with van der Waals surface area (Å²) in [6.45, 7) is 3.90. The predicted octanol–water partition coefficient (Wildman–Crippen LogP) is 1.41. The Kier molecular flexibility index (Phi) is 4.69. The number of aryl methyl sites for hydroxylation is 1. The highest BCUT2D eigenvalue weighted by Crippen LogP contribution is 2.43. The summed E-state index contributed by atoms with van der Waals surface area (Å²) in [7, 11) is 0. The van der Waals surface area contributed by atoms with Crippen molar-refractivity contribution < 1.29 is 13.6 Å². The molecule has 1 aromatic heterocycles. The van der Waals surface area contributed by atoms with Gasteiger partial charge in [0.05, 0.1) is 5.69 Å². The third-order valence-electron chi connectivity index (χ3n) is 3.91. The Morgan fingerprint density at radius 1 is 1.38 bits per heavy atom. The van der Waals surface area contributed by atoms with Crippen LogP contribution >= 0.6 is 0 Å². The van der Waals surface area contributed by atoms with E-state index in [-0.39, 0.29) is 18.5 Å². The van der Waals surface area contributed by atoms with Crippen LogP contribution in [-0.4, -0.2) is 22.5 Å². The van der Waals surface area contributed by atoms with E-state index in [0.29, 0.717) is 18.4 Å². The second kappa shape index (κ2) is 6.32. The van der Waals surface area contributed by atoms with Crippen LogP contribution in [0.2, 0.25) is 0 Å². The molecule has 2 atom stereocenters. The van der Waals surface area contributed by atoms with Gasteiger partial charge >= 0.3 is 0 Å². The smallest absolute Gasteiger partial charge is 0.269 e. The van der Waals surface area contributed by atoms with Crippen molar-refractivity contribution in [2.24, 2.45) is 11.8 Å². The molecule has 1 heterocycles. The van der Waals surface area contributed by atoms with E-state index in [1.54, 1.807) is 0 Å². The fourth-order valence-corrected chi connectivity index (χ4v) is 2.56. The first-order valence-corrected chi connectivity index (χ1v) is 7.14. The Morgan fingerprint density at radius 2 is 2.10 bits per heavy atom. The molecule has 1 aliphatic carbocycles. The number of H-pyrrole nitrogens is 1. The van der Waals surface area contributed by atoms with E-state index in [2.05, 4.69) is 15.5 Å².